The molecule has 126 valence electrons. The van der Waals surface area contributed by atoms with Gasteiger partial charge in [-0.1, -0.05) is 18.2 Å². The molecule has 2 aliphatic heterocycles. The molecule has 0 saturated heterocycles. The van der Waals surface area contributed by atoms with Crippen LogP contribution in [0, 0.1) is 0 Å². The van der Waals surface area contributed by atoms with Crippen molar-refractivity contribution in [3.8, 4) is 0 Å². The number of sulfonamides is 1. The average Bonchev–Trinajstić information content (AvgIpc) is 2.55. The number of anilines is 1. The van der Waals surface area contributed by atoms with E-state index in [4.69, 9.17) is 4.74 Å². The third kappa shape index (κ3) is 3.55. The Morgan fingerprint density at radius 3 is 2.92 bits per heavy atom. The lowest BCUT2D eigenvalue weighted by Crippen LogP contribution is -2.37. The van der Waals surface area contributed by atoms with Crippen molar-refractivity contribution in [3.63, 3.8) is 0 Å². The van der Waals surface area contributed by atoms with Crippen molar-refractivity contribution < 1.29 is 17.9 Å². The van der Waals surface area contributed by atoms with Crippen molar-refractivity contribution in [2.45, 2.75) is 6.61 Å². The van der Waals surface area contributed by atoms with Crippen molar-refractivity contribution in [3.05, 3.63) is 53.8 Å². The fourth-order valence-electron chi connectivity index (χ4n) is 2.45. The summed E-state index contributed by atoms with van der Waals surface area (Å²) in [4.78, 5) is 14.1. The zero-order chi connectivity index (χ0) is 17.2. The van der Waals surface area contributed by atoms with Crippen molar-refractivity contribution in [1.29, 1.82) is 0 Å². The van der Waals surface area contributed by atoms with Gasteiger partial charge in [-0.15, -0.1) is 4.40 Å². The second-order valence-electron chi connectivity index (χ2n) is 5.39. The summed E-state index contributed by atoms with van der Waals surface area (Å²) in [6.07, 6.45) is 4.71. The number of amidine groups is 1. The van der Waals surface area contributed by atoms with Crippen molar-refractivity contribution in [2.75, 3.05) is 24.7 Å². The summed E-state index contributed by atoms with van der Waals surface area (Å²) in [5, 5.41) is 2.85. The Hall–Kier alpha value is -2.45. The molecular formula is C16H17N3O4S. The Kier molecular flexibility index (Phi) is 4.50. The summed E-state index contributed by atoms with van der Waals surface area (Å²) in [5.41, 5.74) is 1.99. The smallest absolute Gasteiger partial charge is 0.257 e. The van der Waals surface area contributed by atoms with Crippen LogP contribution >= 0.6 is 0 Å². The van der Waals surface area contributed by atoms with Gasteiger partial charge in [0.2, 0.25) is 0 Å². The lowest BCUT2D eigenvalue weighted by Gasteiger charge is -2.27. The molecule has 2 heterocycles. The molecule has 1 aromatic rings. The molecule has 8 heteroatoms. The quantitative estimate of drug-likeness (QED) is 0.886. The summed E-state index contributed by atoms with van der Waals surface area (Å²) >= 11 is 0. The predicted molar refractivity (Wildman–Crippen MR) is 90.9 cm³/mol. The summed E-state index contributed by atoms with van der Waals surface area (Å²) in [6.45, 7) is 0.675. The van der Waals surface area contributed by atoms with Crippen LogP contribution in [0.5, 0.6) is 0 Å². The molecule has 0 spiro atoms. The number of rotatable bonds is 4. The number of amides is 1. The van der Waals surface area contributed by atoms with Gasteiger partial charge in [0.1, 0.15) is 5.84 Å². The van der Waals surface area contributed by atoms with Crippen LogP contribution in [0.15, 0.2) is 52.6 Å². The van der Waals surface area contributed by atoms with E-state index in [1.165, 1.54) is 6.08 Å². The van der Waals surface area contributed by atoms with Crippen molar-refractivity contribution in [1.82, 2.24) is 4.90 Å². The Labute approximate surface area is 140 Å². The molecule has 0 bridgehead atoms. The first-order valence-corrected chi connectivity index (χ1v) is 8.97. The van der Waals surface area contributed by atoms with Gasteiger partial charge in [-0.3, -0.25) is 4.79 Å². The Bertz CT molecular complexity index is 856. The fraction of sp³-hybridized carbons (Fsp3) is 0.250. The normalized spacial score (nSPS) is 18.5. The van der Waals surface area contributed by atoms with Crippen LogP contribution in [-0.4, -0.2) is 44.5 Å². The minimum atomic E-state index is -3.40. The van der Waals surface area contributed by atoms with E-state index in [-0.39, 0.29) is 18.2 Å². The highest BCUT2D eigenvalue weighted by Crippen LogP contribution is 2.20. The second-order valence-corrected chi connectivity index (χ2v) is 7.15. The Balaban J connectivity index is 1.78. The van der Waals surface area contributed by atoms with E-state index in [9.17, 15) is 13.2 Å². The Morgan fingerprint density at radius 1 is 1.33 bits per heavy atom. The predicted octanol–water partition coefficient (Wildman–Crippen LogP) is 1.27. The number of carbonyl (C=O) groups is 1. The highest BCUT2D eigenvalue weighted by atomic mass is 32.2. The minimum absolute atomic E-state index is 0.0631. The maximum Gasteiger partial charge on any atom is 0.257 e. The van der Waals surface area contributed by atoms with Crippen LogP contribution in [0.1, 0.15) is 5.56 Å². The Morgan fingerprint density at radius 2 is 2.12 bits per heavy atom. The zero-order valence-electron chi connectivity index (χ0n) is 13.1. The van der Waals surface area contributed by atoms with Crippen LogP contribution in [0.4, 0.5) is 5.69 Å². The van der Waals surface area contributed by atoms with Gasteiger partial charge < -0.3 is 15.0 Å². The molecule has 24 heavy (non-hydrogen) atoms. The first kappa shape index (κ1) is 16.4. The van der Waals surface area contributed by atoms with E-state index in [1.54, 1.807) is 30.4 Å². The molecule has 0 unspecified atom stereocenters. The molecule has 0 radical (unpaired) electrons. The van der Waals surface area contributed by atoms with E-state index >= 15 is 0 Å². The molecule has 1 amide bonds. The number of ether oxygens (including phenoxy) is 1. The molecular weight excluding hydrogens is 330 g/mol. The molecule has 3 rings (SSSR count). The molecule has 0 atom stereocenters. The van der Waals surface area contributed by atoms with E-state index in [1.807, 2.05) is 18.2 Å². The van der Waals surface area contributed by atoms with Crippen molar-refractivity contribution >= 4 is 27.5 Å². The van der Waals surface area contributed by atoms with Gasteiger partial charge in [0, 0.05) is 31.1 Å². The molecule has 0 fully saturated rings. The number of fused-ring (bicyclic) bond motifs is 1. The average molecular weight is 347 g/mol. The van der Waals surface area contributed by atoms with Crippen LogP contribution < -0.4 is 5.32 Å². The maximum absolute atomic E-state index is 12.5. The number of methoxy groups -OCH3 is 1. The van der Waals surface area contributed by atoms with Crippen LogP contribution in [0.3, 0.4) is 0 Å². The number of para-hydroxylation sites is 1. The van der Waals surface area contributed by atoms with Gasteiger partial charge in [0.25, 0.3) is 15.9 Å². The van der Waals surface area contributed by atoms with Crippen LogP contribution in [0.2, 0.25) is 0 Å². The minimum Gasteiger partial charge on any atom is -0.380 e. The van der Waals surface area contributed by atoms with Crippen LogP contribution in [0.25, 0.3) is 0 Å². The fourth-order valence-corrected chi connectivity index (χ4v) is 3.42. The standard InChI is InChI=1S/C16H17N3O4S/c1-23-11-13-4-2-3-5-14(13)17-16(20)12-6-7-15-18-24(21,22)9-8-19(15)10-12/h2-7,10H,8-9,11H2,1H3,(H,17,20). The van der Waals surface area contributed by atoms with Gasteiger partial charge in [0.15, 0.2) is 0 Å². The number of hydrogen-bond donors (Lipinski definition) is 1. The summed E-state index contributed by atoms with van der Waals surface area (Å²) in [5.74, 6) is -0.00765. The summed E-state index contributed by atoms with van der Waals surface area (Å²) in [7, 11) is -1.81. The van der Waals surface area contributed by atoms with E-state index in [2.05, 4.69) is 9.71 Å². The van der Waals surface area contributed by atoms with Gasteiger partial charge in [-0.2, -0.15) is 0 Å². The molecule has 0 aliphatic carbocycles. The van der Waals surface area contributed by atoms with E-state index < -0.39 is 10.0 Å². The first-order chi connectivity index (χ1) is 11.5. The monoisotopic (exact) mass is 347 g/mol. The number of hydrogen-bond acceptors (Lipinski definition) is 5. The lowest BCUT2D eigenvalue weighted by atomic mass is 10.1. The SMILES string of the molecule is COCc1ccccc1NC(=O)C1=CN2CCS(=O)(=O)N=C2C=C1. The summed E-state index contributed by atoms with van der Waals surface area (Å²) < 4.78 is 31.8. The zero-order valence-corrected chi connectivity index (χ0v) is 13.9. The topological polar surface area (TPSA) is 88.1 Å². The third-order valence-electron chi connectivity index (χ3n) is 3.65. The van der Waals surface area contributed by atoms with Gasteiger partial charge in [0.05, 0.1) is 17.9 Å². The third-order valence-corrected chi connectivity index (χ3v) is 4.82. The van der Waals surface area contributed by atoms with Gasteiger partial charge >= 0.3 is 0 Å². The number of benzene rings is 1. The highest BCUT2D eigenvalue weighted by Gasteiger charge is 2.25. The van der Waals surface area contributed by atoms with Gasteiger partial charge in [-0.25, -0.2) is 8.42 Å². The molecule has 0 saturated carbocycles. The largest absolute Gasteiger partial charge is 0.380 e. The molecule has 1 aromatic carbocycles. The molecule has 7 nitrogen and oxygen atoms in total. The first-order valence-electron chi connectivity index (χ1n) is 7.36. The van der Waals surface area contributed by atoms with Crippen LogP contribution in [-0.2, 0) is 26.2 Å². The highest BCUT2D eigenvalue weighted by molar-refractivity contribution is 7.90. The maximum atomic E-state index is 12.5. The lowest BCUT2D eigenvalue weighted by molar-refractivity contribution is -0.112. The van der Waals surface area contributed by atoms with E-state index in [0.717, 1.165) is 5.56 Å². The number of nitrogens with one attached hydrogen (secondary N) is 1. The summed E-state index contributed by atoms with van der Waals surface area (Å²) in [6, 6.07) is 7.39. The second kappa shape index (κ2) is 6.58. The molecule has 2 aliphatic rings. The number of carbonyl (C=O) groups excluding carboxylic acids is 1. The van der Waals surface area contributed by atoms with Crippen molar-refractivity contribution in [2.24, 2.45) is 4.40 Å². The number of nitrogens with zero attached hydrogens (tertiary/aromatic N) is 2. The molecule has 1 N–H and O–H groups in total. The molecule has 0 aromatic heterocycles. The van der Waals surface area contributed by atoms with E-state index in [0.29, 0.717) is 23.7 Å². The van der Waals surface area contributed by atoms with Gasteiger partial charge in [-0.05, 0) is 18.2 Å².